The van der Waals surface area contributed by atoms with E-state index in [1.807, 2.05) is 18.9 Å². The maximum atomic E-state index is 10.3. The van der Waals surface area contributed by atoms with Crippen molar-refractivity contribution < 1.29 is 9.90 Å². The standard InChI is InChI=1S/C12H15N3O2/c1-9(2)8-15(3)12-13-6-10(7-14-12)4-5-11(16)17/h4-7H,1,8H2,2-3H3,(H,16,17)/b5-4+. The summed E-state index contributed by atoms with van der Waals surface area (Å²) in [6.45, 7) is 6.43. The van der Waals surface area contributed by atoms with Gasteiger partial charge in [0.15, 0.2) is 0 Å². The van der Waals surface area contributed by atoms with Gasteiger partial charge in [-0.3, -0.25) is 0 Å². The van der Waals surface area contributed by atoms with Crippen LogP contribution in [0.3, 0.4) is 0 Å². The van der Waals surface area contributed by atoms with Crippen molar-refractivity contribution in [2.45, 2.75) is 6.92 Å². The minimum Gasteiger partial charge on any atom is -0.478 e. The molecule has 0 atom stereocenters. The van der Waals surface area contributed by atoms with Crippen LogP contribution >= 0.6 is 0 Å². The fourth-order valence-electron chi connectivity index (χ4n) is 1.26. The highest BCUT2D eigenvalue weighted by molar-refractivity contribution is 5.85. The van der Waals surface area contributed by atoms with Gasteiger partial charge in [0.05, 0.1) is 0 Å². The SMILES string of the molecule is C=C(C)CN(C)c1ncc(/C=C/C(=O)O)cn1. The minimum absolute atomic E-state index is 0.584. The summed E-state index contributed by atoms with van der Waals surface area (Å²) in [5.74, 6) is -0.408. The van der Waals surface area contributed by atoms with Crippen molar-refractivity contribution in [3.63, 3.8) is 0 Å². The summed E-state index contributed by atoms with van der Waals surface area (Å²) < 4.78 is 0. The van der Waals surface area contributed by atoms with Crippen molar-refractivity contribution >= 4 is 18.0 Å². The largest absolute Gasteiger partial charge is 0.478 e. The summed E-state index contributed by atoms with van der Waals surface area (Å²) in [4.78, 5) is 20.5. The molecule has 0 saturated heterocycles. The summed E-state index contributed by atoms with van der Waals surface area (Å²) in [6, 6.07) is 0. The van der Waals surface area contributed by atoms with Crippen LogP contribution in [0.4, 0.5) is 5.95 Å². The lowest BCUT2D eigenvalue weighted by Gasteiger charge is -2.16. The predicted molar refractivity (Wildman–Crippen MR) is 66.8 cm³/mol. The third-order valence-corrected chi connectivity index (χ3v) is 1.93. The van der Waals surface area contributed by atoms with E-state index >= 15 is 0 Å². The molecule has 5 heteroatoms. The maximum absolute atomic E-state index is 10.3. The third-order valence-electron chi connectivity index (χ3n) is 1.93. The summed E-state index contributed by atoms with van der Waals surface area (Å²) in [6.07, 6.45) is 5.66. The minimum atomic E-state index is -0.992. The van der Waals surface area contributed by atoms with Crippen LogP contribution < -0.4 is 4.90 Å². The van der Waals surface area contributed by atoms with Crippen LogP contribution in [0.5, 0.6) is 0 Å². The zero-order chi connectivity index (χ0) is 12.8. The van der Waals surface area contributed by atoms with Crippen LogP contribution in [0.1, 0.15) is 12.5 Å². The smallest absolute Gasteiger partial charge is 0.328 e. The molecule has 1 rings (SSSR count). The van der Waals surface area contributed by atoms with E-state index in [1.54, 1.807) is 12.4 Å². The molecule has 0 radical (unpaired) electrons. The molecule has 1 N–H and O–H groups in total. The van der Waals surface area contributed by atoms with Gasteiger partial charge in [0.1, 0.15) is 0 Å². The number of nitrogens with zero attached hydrogens (tertiary/aromatic N) is 3. The highest BCUT2D eigenvalue weighted by Crippen LogP contribution is 2.07. The van der Waals surface area contributed by atoms with Gasteiger partial charge in [-0.1, -0.05) is 12.2 Å². The van der Waals surface area contributed by atoms with Crippen LogP contribution in [0.2, 0.25) is 0 Å². The Morgan fingerprint density at radius 1 is 1.53 bits per heavy atom. The van der Waals surface area contributed by atoms with Gasteiger partial charge in [-0.05, 0) is 13.0 Å². The van der Waals surface area contributed by atoms with Crippen LogP contribution in [0.25, 0.3) is 6.08 Å². The van der Waals surface area contributed by atoms with Crippen molar-refractivity contribution in [2.75, 3.05) is 18.5 Å². The number of rotatable bonds is 5. The number of carboxylic acid groups (broad SMARTS) is 1. The van der Waals surface area contributed by atoms with Crippen molar-refractivity contribution in [2.24, 2.45) is 0 Å². The molecular formula is C12H15N3O2. The second-order valence-corrected chi connectivity index (χ2v) is 3.80. The first-order valence-corrected chi connectivity index (χ1v) is 5.07. The molecule has 0 amide bonds. The molecule has 1 aromatic rings. The Bertz CT molecular complexity index is 438. The van der Waals surface area contributed by atoms with Gasteiger partial charge in [-0.2, -0.15) is 0 Å². The van der Waals surface area contributed by atoms with Crippen LogP contribution in [0.15, 0.2) is 30.6 Å². The molecule has 0 aliphatic heterocycles. The fraction of sp³-hybridized carbons (Fsp3) is 0.250. The Morgan fingerprint density at radius 3 is 2.59 bits per heavy atom. The zero-order valence-corrected chi connectivity index (χ0v) is 9.92. The second kappa shape index (κ2) is 5.79. The monoisotopic (exact) mass is 233 g/mol. The Morgan fingerprint density at radius 2 is 2.12 bits per heavy atom. The van der Waals surface area contributed by atoms with Gasteiger partial charge < -0.3 is 10.0 Å². The molecule has 17 heavy (non-hydrogen) atoms. The normalized spacial score (nSPS) is 10.5. The first-order valence-electron chi connectivity index (χ1n) is 5.07. The van der Waals surface area contributed by atoms with Gasteiger partial charge in [-0.25, -0.2) is 14.8 Å². The number of hydrogen-bond donors (Lipinski definition) is 1. The molecule has 0 aromatic carbocycles. The lowest BCUT2D eigenvalue weighted by molar-refractivity contribution is -0.131. The van der Waals surface area contributed by atoms with Crippen LogP contribution in [-0.2, 0) is 4.79 Å². The van der Waals surface area contributed by atoms with E-state index in [1.165, 1.54) is 6.08 Å². The van der Waals surface area contributed by atoms with Gasteiger partial charge in [0.25, 0.3) is 0 Å². The number of aliphatic carboxylic acids is 1. The molecular weight excluding hydrogens is 218 g/mol. The van der Waals surface area contributed by atoms with E-state index in [9.17, 15) is 4.79 Å². The van der Waals surface area contributed by atoms with Crippen molar-refractivity contribution in [3.05, 3.63) is 36.2 Å². The number of carbonyl (C=O) groups is 1. The number of aromatic nitrogens is 2. The average molecular weight is 233 g/mol. The van der Waals surface area contributed by atoms with E-state index in [0.29, 0.717) is 18.1 Å². The summed E-state index contributed by atoms with van der Waals surface area (Å²) in [7, 11) is 1.87. The topological polar surface area (TPSA) is 66.3 Å². The number of hydrogen-bond acceptors (Lipinski definition) is 4. The molecule has 0 aliphatic rings. The molecule has 0 spiro atoms. The molecule has 0 fully saturated rings. The van der Waals surface area contributed by atoms with Gasteiger partial charge >= 0.3 is 5.97 Å². The van der Waals surface area contributed by atoms with E-state index in [2.05, 4.69) is 16.5 Å². The van der Waals surface area contributed by atoms with Gasteiger partial charge in [-0.15, -0.1) is 0 Å². The summed E-state index contributed by atoms with van der Waals surface area (Å²) >= 11 is 0. The molecule has 1 heterocycles. The Hall–Kier alpha value is -2.17. The Kier molecular flexibility index (Phi) is 4.39. The first-order chi connectivity index (χ1) is 7.99. The maximum Gasteiger partial charge on any atom is 0.328 e. The van der Waals surface area contributed by atoms with E-state index in [0.717, 1.165) is 11.6 Å². The predicted octanol–water partition coefficient (Wildman–Crippen LogP) is 1.59. The molecule has 5 nitrogen and oxygen atoms in total. The second-order valence-electron chi connectivity index (χ2n) is 3.80. The molecule has 0 bridgehead atoms. The van der Waals surface area contributed by atoms with Crippen LogP contribution in [0, 0.1) is 0 Å². The van der Waals surface area contributed by atoms with E-state index in [-0.39, 0.29) is 0 Å². The lowest BCUT2D eigenvalue weighted by atomic mass is 10.3. The average Bonchev–Trinajstić information content (AvgIpc) is 2.26. The van der Waals surface area contributed by atoms with Crippen LogP contribution in [-0.4, -0.2) is 34.6 Å². The van der Waals surface area contributed by atoms with E-state index in [4.69, 9.17) is 5.11 Å². The number of carboxylic acids is 1. The van der Waals surface area contributed by atoms with Crippen molar-refractivity contribution in [1.29, 1.82) is 0 Å². The summed E-state index contributed by atoms with van der Waals surface area (Å²) in [5.41, 5.74) is 1.67. The van der Waals surface area contributed by atoms with Gasteiger partial charge in [0.2, 0.25) is 5.95 Å². The Labute approximate surface area is 100 Å². The van der Waals surface area contributed by atoms with Gasteiger partial charge in [0, 0.05) is 37.6 Å². The first kappa shape index (κ1) is 12.9. The quantitative estimate of drug-likeness (QED) is 0.618. The highest BCUT2D eigenvalue weighted by atomic mass is 16.4. The Balaban J connectivity index is 2.74. The molecule has 90 valence electrons. The molecule has 0 saturated carbocycles. The highest BCUT2D eigenvalue weighted by Gasteiger charge is 2.03. The molecule has 0 unspecified atom stereocenters. The number of anilines is 1. The van der Waals surface area contributed by atoms with E-state index < -0.39 is 5.97 Å². The number of likely N-dealkylation sites (N-methyl/N-ethyl adjacent to an activating group) is 1. The zero-order valence-electron chi connectivity index (χ0n) is 9.92. The molecule has 0 aliphatic carbocycles. The fourth-order valence-corrected chi connectivity index (χ4v) is 1.26. The third kappa shape index (κ3) is 4.46. The van der Waals surface area contributed by atoms with Crippen molar-refractivity contribution in [3.8, 4) is 0 Å². The lowest BCUT2D eigenvalue weighted by Crippen LogP contribution is -2.21. The summed E-state index contributed by atoms with van der Waals surface area (Å²) in [5, 5.41) is 8.47. The van der Waals surface area contributed by atoms with Crippen molar-refractivity contribution in [1.82, 2.24) is 9.97 Å². The molecule has 1 aromatic heterocycles.